The van der Waals surface area contributed by atoms with Crippen LogP contribution in [0, 0.1) is 0 Å². The van der Waals surface area contributed by atoms with Crippen LogP contribution < -0.4 is 5.32 Å². The first-order valence-corrected chi connectivity index (χ1v) is 7.24. The monoisotopic (exact) mass is 338 g/mol. The Morgan fingerprint density at radius 2 is 2.08 bits per heavy atom. The third kappa shape index (κ3) is 5.06. The smallest absolute Gasteiger partial charge is 0.382 e. The highest BCUT2D eigenvalue weighted by Gasteiger charge is 2.31. The van der Waals surface area contributed by atoms with Gasteiger partial charge in [0.1, 0.15) is 0 Å². The van der Waals surface area contributed by atoms with Crippen molar-refractivity contribution in [2.24, 2.45) is 0 Å². The van der Waals surface area contributed by atoms with E-state index in [9.17, 15) is 18.0 Å². The number of nitrogens with one attached hydrogen (secondary N) is 1. The number of nitrogens with zero attached hydrogens (tertiary/aromatic N) is 1. The highest BCUT2D eigenvalue weighted by atomic mass is 19.4. The van der Waals surface area contributed by atoms with Crippen LogP contribution >= 0.6 is 0 Å². The number of benzene rings is 1. The molecule has 4 nitrogen and oxygen atoms in total. The number of alkyl halides is 3. The number of carbonyl (C=O) groups excluding carboxylic acids is 1. The zero-order valence-corrected chi connectivity index (χ0v) is 13.0. The Balaban J connectivity index is 2.13. The summed E-state index contributed by atoms with van der Waals surface area (Å²) in [7, 11) is 1.42. The van der Waals surface area contributed by atoms with Crippen molar-refractivity contribution in [2.75, 3.05) is 13.7 Å². The summed E-state index contributed by atoms with van der Waals surface area (Å²) in [6.45, 7) is 0.0695. The summed E-state index contributed by atoms with van der Waals surface area (Å²) in [6, 6.07) is 7.65. The number of carbonyl (C=O) groups is 1. The van der Waals surface area contributed by atoms with Crippen molar-refractivity contribution in [3.8, 4) is 0 Å². The molecule has 0 fully saturated rings. The number of methoxy groups -OCH3 is 1. The molecule has 1 heterocycles. The van der Waals surface area contributed by atoms with E-state index >= 15 is 0 Å². The van der Waals surface area contributed by atoms with Crippen LogP contribution in [0.1, 0.15) is 22.7 Å². The SMILES string of the molecule is COCC(NC(=O)Cc1cccnc1)c1cccc(C(F)(F)F)c1. The first kappa shape index (κ1) is 17.9. The van der Waals surface area contributed by atoms with E-state index in [0.29, 0.717) is 5.56 Å². The molecule has 1 amide bonds. The summed E-state index contributed by atoms with van der Waals surface area (Å²) in [5.41, 5.74) is 0.295. The molecule has 0 aliphatic carbocycles. The van der Waals surface area contributed by atoms with Gasteiger partial charge in [0.05, 0.1) is 24.6 Å². The van der Waals surface area contributed by atoms with Crippen LogP contribution in [0.4, 0.5) is 13.2 Å². The summed E-state index contributed by atoms with van der Waals surface area (Å²) in [5, 5.41) is 2.70. The molecule has 0 saturated heterocycles. The number of ether oxygens (including phenoxy) is 1. The van der Waals surface area contributed by atoms with Gasteiger partial charge in [0, 0.05) is 19.5 Å². The lowest BCUT2D eigenvalue weighted by Crippen LogP contribution is -2.32. The number of amides is 1. The molecule has 1 atom stereocenters. The van der Waals surface area contributed by atoms with E-state index in [-0.39, 0.29) is 18.9 Å². The molecule has 0 saturated carbocycles. The number of rotatable bonds is 6. The van der Waals surface area contributed by atoms with Crippen LogP contribution in [0.15, 0.2) is 48.8 Å². The van der Waals surface area contributed by atoms with Crippen LogP contribution in [0.25, 0.3) is 0 Å². The summed E-state index contributed by atoms with van der Waals surface area (Å²) < 4.78 is 43.6. The van der Waals surface area contributed by atoms with Crippen LogP contribution in [0.2, 0.25) is 0 Å². The molecule has 0 bridgehead atoms. The Morgan fingerprint density at radius 3 is 2.71 bits per heavy atom. The van der Waals surface area contributed by atoms with E-state index in [1.165, 1.54) is 19.2 Å². The van der Waals surface area contributed by atoms with Gasteiger partial charge in [-0.3, -0.25) is 9.78 Å². The fourth-order valence-electron chi connectivity index (χ4n) is 2.25. The second-order valence-electron chi connectivity index (χ2n) is 5.24. The average Bonchev–Trinajstić information content (AvgIpc) is 2.55. The van der Waals surface area contributed by atoms with Crippen molar-refractivity contribution in [2.45, 2.75) is 18.6 Å². The van der Waals surface area contributed by atoms with Gasteiger partial charge in [-0.05, 0) is 29.3 Å². The standard InChI is InChI=1S/C17H17F3N2O2/c1-24-11-15(13-5-2-6-14(9-13)17(18,19)20)22-16(23)8-12-4-3-7-21-10-12/h2-7,9-10,15H,8,11H2,1H3,(H,22,23). The van der Waals surface area contributed by atoms with Crippen LogP contribution in [-0.4, -0.2) is 24.6 Å². The molecule has 1 unspecified atom stereocenters. The van der Waals surface area contributed by atoms with Crippen molar-refractivity contribution in [3.63, 3.8) is 0 Å². The maximum atomic E-state index is 12.8. The van der Waals surface area contributed by atoms with E-state index < -0.39 is 17.8 Å². The lowest BCUT2D eigenvalue weighted by molar-refractivity contribution is -0.137. The van der Waals surface area contributed by atoms with Crippen molar-refractivity contribution in [1.29, 1.82) is 0 Å². The number of aromatic nitrogens is 1. The van der Waals surface area contributed by atoms with Gasteiger partial charge < -0.3 is 10.1 Å². The minimum Gasteiger partial charge on any atom is -0.382 e. The van der Waals surface area contributed by atoms with Gasteiger partial charge in [-0.15, -0.1) is 0 Å². The minimum atomic E-state index is -4.44. The predicted molar refractivity (Wildman–Crippen MR) is 82.1 cm³/mol. The highest BCUT2D eigenvalue weighted by Crippen LogP contribution is 2.30. The van der Waals surface area contributed by atoms with Crippen molar-refractivity contribution < 1.29 is 22.7 Å². The molecule has 1 aromatic heterocycles. The summed E-state index contributed by atoms with van der Waals surface area (Å²) >= 11 is 0. The third-order valence-corrected chi connectivity index (χ3v) is 3.37. The fourth-order valence-corrected chi connectivity index (χ4v) is 2.25. The number of halogens is 3. The van der Waals surface area contributed by atoms with Gasteiger partial charge in [-0.2, -0.15) is 13.2 Å². The second-order valence-corrected chi connectivity index (χ2v) is 5.24. The van der Waals surface area contributed by atoms with Gasteiger partial charge in [0.15, 0.2) is 0 Å². The van der Waals surface area contributed by atoms with Gasteiger partial charge in [-0.1, -0.05) is 18.2 Å². The van der Waals surface area contributed by atoms with Gasteiger partial charge in [0.2, 0.25) is 5.91 Å². The Kier molecular flexibility index (Phi) is 5.92. The van der Waals surface area contributed by atoms with E-state index in [1.54, 1.807) is 24.5 Å². The molecule has 2 rings (SSSR count). The number of hydrogen-bond acceptors (Lipinski definition) is 3. The molecule has 7 heteroatoms. The largest absolute Gasteiger partial charge is 0.416 e. The second kappa shape index (κ2) is 7.92. The van der Waals surface area contributed by atoms with Crippen LogP contribution in [0.5, 0.6) is 0 Å². The Morgan fingerprint density at radius 1 is 1.29 bits per heavy atom. The highest BCUT2D eigenvalue weighted by molar-refractivity contribution is 5.79. The molecule has 0 radical (unpaired) electrons. The lowest BCUT2D eigenvalue weighted by atomic mass is 10.0. The molecule has 128 valence electrons. The van der Waals surface area contributed by atoms with E-state index in [4.69, 9.17) is 4.74 Å². The van der Waals surface area contributed by atoms with E-state index in [2.05, 4.69) is 10.3 Å². The quantitative estimate of drug-likeness (QED) is 0.880. The molecular weight excluding hydrogens is 321 g/mol. The average molecular weight is 338 g/mol. The van der Waals surface area contributed by atoms with Crippen molar-refractivity contribution in [3.05, 3.63) is 65.5 Å². The molecular formula is C17H17F3N2O2. The molecule has 24 heavy (non-hydrogen) atoms. The summed E-state index contributed by atoms with van der Waals surface area (Å²) in [6.07, 6.45) is -1.19. The molecule has 0 aliphatic rings. The molecule has 0 spiro atoms. The normalized spacial score (nSPS) is 12.7. The van der Waals surface area contributed by atoms with Gasteiger partial charge in [-0.25, -0.2) is 0 Å². The molecule has 1 N–H and O–H groups in total. The predicted octanol–water partition coefficient (Wildman–Crippen LogP) is 3.15. The van der Waals surface area contributed by atoms with Crippen LogP contribution in [0.3, 0.4) is 0 Å². The zero-order valence-electron chi connectivity index (χ0n) is 13.0. The van der Waals surface area contributed by atoms with E-state index in [0.717, 1.165) is 17.7 Å². The Labute approximate surface area is 137 Å². The maximum absolute atomic E-state index is 12.8. The first-order chi connectivity index (χ1) is 11.4. The van der Waals surface area contributed by atoms with E-state index in [1.807, 2.05) is 0 Å². The zero-order chi connectivity index (χ0) is 17.6. The summed E-state index contributed by atoms with van der Waals surface area (Å²) in [4.78, 5) is 16.1. The fraction of sp³-hybridized carbons (Fsp3) is 0.294. The van der Waals surface area contributed by atoms with Crippen molar-refractivity contribution in [1.82, 2.24) is 10.3 Å². The Hall–Kier alpha value is -2.41. The summed E-state index contributed by atoms with van der Waals surface area (Å²) in [5.74, 6) is -0.317. The van der Waals surface area contributed by atoms with Gasteiger partial charge >= 0.3 is 6.18 Å². The van der Waals surface area contributed by atoms with Crippen molar-refractivity contribution >= 4 is 5.91 Å². The maximum Gasteiger partial charge on any atom is 0.416 e. The minimum absolute atomic E-state index is 0.0695. The topological polar surface area (TPSA) is 51.2 Å². The molecule has 0 aliphatic heterocycles. The lowest BCUT2D eigenvalue weighted by Gasteiger charge is -2.19. The van der Waals surface area contributed by atoms with Crippen LogP contribution in [-0.2, 0) is 22.1 Å². The Bertz CT molecular complexity index is 675. The number of hydrogen-bond donors (Lipinski definition) is 1. The van der Waals surface area contributed by atoms with Gasteiger partial charge in [0.25, 0.3) is 0 Å². The third-order valence-electron chi connectivity index (χ3n) is 3.37. The molecule has 1 aromatic carbocycles. The number of pyridine rings is 1. The first-order valence-electron chi connectivity index (χ1n) is 7.24. The molecule has 2 aromatic rings.